The van der Waals surface area contributed by atoms with Gasteiger partial charge in [0, 0.05) is 10.6 Å². The molecular weight excluding hydrogens is 282 g/mol. The third kappa shape index (κ3) is 3.11. The molecule has 3 rings (SSSR count). The van der Waals surface area contributed by atoms with Crippen molar-refractivity contribution in [3.05, 3.63) is 29.3 Å². The van der Waals surface area contributed by atoms with Crippen LogP contribution in [0.1, 0.15) is 37.3 Å². The van der Waals surface area contributed by atoms with Crippen molar-refractivity contribution in [3.63, 3.8) is 0 Å². The molecule has 2 aliphatic rings. The minimum Gasteiger partial charge on any atom is -0.465 e. The Balaban J connectivity index is 1.68. The molecule has 2 aliphatic carbocycles. The molecule has 0 aromatic heterocycles. The van der Waals surface area contributed by atoms with E-state index in [0.717, 1.165) is 12.8 Å². The van der Waals surface area contributed by atoms with Crippen molar-refractivity contribution < 1.29 is 9.53 Å². The van der Waals surface area contributed by atoms with Gasteiger partial charge in [0.05, 0.1) is 6.61 Å². The van der Waals surface area contributed by atoms with E-state index >= 15 is 0 Å². The Bertz CT molecular complexity index is 542. The van der Waals surface area contributed by atoms with Crippen molar-refractivity contribution in [2.75, 3.05) is 12.4 Å². The van der Waals surface area contributed by atoms with Crippen molar-refractivity contribution in [1.29, 1.82) is 0 Å². The van der Waals surface area contributed by atoms with Crippen LogP contribution in [0.2, 0.25) is 0 Å². The van der Waals surface area contributed by atoms with Gasteiger partial charge in [-0.1, -0.05) is 6.07 Å². The van der Waals surface area contributed by atoms with E-state index in [9.17, 15) is 4.79 Å². The standard InChI is InChI=1S/C17H23NO2S/c1-2-20-16(19)17(18,14-7-8-14)11-21-15-9-6-12-4-3-5-13(12)10-15/h6,9-10,14H,2-5,7-8,11,18H2,1H3. The Morgan fingerprint density at radius 2 is 2.14 bits per heavy atom. The Labute approximate surface area is 130 Å². The predicted molar refractivity (Wildman–Crippen MR) is 85.5 cm³/mol. The average Bonchev–Trinajstić information content (AvgIpc) is 3.24. The van der Waals surface area contributed by atoms with Gasteiger partial charge in [-0.3, -0.25) is 4.79 Å². The van der Waals surface area contributed by atoms with E-state index in [4.69, 9.17) is 10.5 Å². The number of rotatable bonds is 6. The Hall–Kier alpha value is -1.00. The van der Waals surface area contributed by atoms with Gasteiger partial charge < -0.3 is 10.5 Å². The Kier molecular flexibility index (Phi) is 4.27. The Morgan fingerprint density at radius 3 is 2.86 bits per heavy atom. The number of aryl methyl sites for hydroxylation is 2. The number of fused-ring (bicyclic) bond motifs is 1. The first-order chi connectivity index (χ1) is 10.1. The SMILES string of the molecule is CCOC(=O)C(N)(CSc1ccc2c(c1)CCC2)C1CC1. The number of benzene rings is 1. The molecule has 0 heterocycles. The van der Waals surface area contributed by atoms with E-state index < -0.39 is 5.54 Å². The monoisotopic (exact) mass is 305 g/mol. The molecule has 0 amide bonds. The molecular formula is C17H23NO2S. The highest BCUT2D eigenvalue weighted by molar-refractivity contribution is 7.99. The second-order valence-electron chi connectivity index (χ2n) is 6.11. The molecule has 21 heavy (non-hydrogen) atoms. The summed E-state index contributed by atoms with van der Waals surface area (Å²) in [6.07, 6.45) is 5.72. The maximum Gasteiger partial charge on any atom is 0.327 e. The van der Waals surface area contributed by atoms with Crippen LogP contribution in [-0.4, -0.2) is 23.9 Å². The number of esters is 1. The summed E-state index contributed by atoms with van der Waals surface area (Å²) in [5, 5.41) is 0. The fourth-order valence-corrected chi connectivity index (χ4v) is 4.20. The third-order valence-electron chi connectivity index (χ3n) is 4.51. The van der Waals surface area contributed by atoms with Crippen LogP contribution in [0.5, 0.6) is 0 Å². The lowest BCUT2D eigenvalue weighted by Crippen LogP contribution is -2.53. The van der Waals surface area contributed by atoms with Crippen molar-refractivity contribution in [2.45, 2.75) is 49.5 Å². The van der Waals surface area contributed by atoms with Crippen LogP contribution in [0.4, 0.5) is 0 Å². The number of carbonyl (C=O) groups is 1. The van der Waals surface area contributed by atoms with Crippen LogP contribution in [0, 0.1) is 5.92 Å². The predicted octanol–water partition coefficient (Wildman–Crippen LogP) is 2.94. The highest BCUT2D eigenvalue weighted by Crippen LogP contribution is 2.42. The van der Waals surface area contributed by atoms with E-state index in [2.05, 4.69) is 18.2 Å². The molecule has 114 valence electrons. The minimum atomic E-state index is -0.820. The molecule has 0 saturated heterocycles. The Morgan fingerprint density at radius 1 is 1.38 bits per heavy atom. The van der Waals surface area contributed by atoms with E-state index in [0.29, 0.717) is 18.3 Å². The second kappa shape index (κ2) is 6.01. The number of hydrogen-bond donors (Lipinski definition) is 1. The van der Waals surface area contributed by atoms with Gasteiger partial charge in [0.1, 0.15) is 5.54 Å². The summed E-state index contributed by atoms with van der Waals surface area (Å²) < 4.78 is 5.19. The van der Waals surface area contributed by atoms with Crippen LogP contribution in [0.3, 0.4) is 0 Å². The topological polar surface area (TPSA) is 52.3 Å². The number of thioether (sulfide) groups is 1. The van der Waals surface area contributed by atoms with Crippen molar-refractivity contribution in [1.82, 2.24) is 0 Å². The highest BCUT2D eigenvalue weighted by atomic mass is 32.2. The largest absolute Gasteiger partial charge is 0.465 e. The lowest BCUT2D eigenvalue weighted by atomic mass is 9.97. The van der Waals surface area contributed by atoms with Gasteiger partial charge in [0.2, 0.25) is 0 Å². The van der Waals surface area contributed by atoms with Crippen LogP contribution in [0.15, 0.2) is 23.1 Å². The smallest absolute Gasteiger partial charge is 0.327 e. The first-order valence-electron chi connectivity index (χ1n) is 7.84. The first-order valence-corrected chi connectivity index (χ1v) is 8.82. The molecule has 1 saturated carbocycles. The minimum absolute atomic E-state index is 0.235. The fourth-order valence-electron chi connectivity index (χ4n) is 3.05. The van der Waals surface area contributed by atoms with Gasteiger partial charge in [-0.05, 0) is 68.2 Å². The number of carbonyl (C=O) groups excluding carboxylic acids is 1. The molecule has 3 nitrogen and oxygen atoms in total. The van der Waals surface area contributed by atoms with Crippen molar-refractivity contribution >= 4 is 17.7 Å². The number of ether oxygens (including phenoxy) is 1. The normalized spacial score (nSPS) is 19.9. The number of nitrogens with two attached hydrogens (primary N) is 1. The van der Waals surface area contributed by atoms with Gasteiger partial charge in [-0.15, -0.1) is 11.8 Å². The van der Waals surface area contributed by atoms with E-state index in [-0.39, 0.29) is 5.97 Å². The second-order valence-corrected chi connectivity index (χ2v) is 7.16. The molecule has 1 fully saturated rings. The quantitative estimate of drug-likeness (QED) is 0.648. The van der Waals surface area contributed by atoms with Crippen LogP contribution in [0.25, 0.3) is 0 Å². The van der Waals surface area contributed by atoms with Crippen LogP contribution in [-0.2, 0) is 22.4 Å². The molecule has 0 radical (unpaired) electrons. The third-order valence-corrected chi connectivity index (χ3v) is 5.72. The van der Waals surface area contributed by atoms with Gasteiger partial charge >= 0.3 is 5.97 Å². The molecule has 4 heteroatoms. The van der Waals surface area contributed by atoms with Crippen molar-refractivity contribution in [2.24, 2.45) is 11.7 Å². The first kappa shape index (κ1) is 14.9. The molecule has 0 spiro atoms. The van der Waals surface area contributed by atoms with E-state index in [1.165, 1.54) is 35.3 Å². The molecule has 1 unspecified atom stereocenters. The highest BCUT2D eigenvalue weighted by Gasteiger charge is 2.49. The van der Waals surface area contributed by atoms with Gasteiger partial charge in [-0.2, -0.15) is 0 Å². The fraction of sp³-hybridized carbons (Fsp3) is 0.588. The molecule has 0 bridgehead atoms. The summed E-state index contributed by atoms with van der Waals surface area (Å²) in [7, 11) is 0. The van der Waals surface area contributed by atoms with Gasteiger partial charge in [-0.25, -0.2) is 0 Å². The molecule has 2 N–H and O–H groups in total. The lowest BCUT2D eigenvalue weighted by Gasteiger charge is -2.26. The molecule has 1 aromatic carbocycles. The van der Waals surface area contributed by atoms with Crippen LogP contribution < -0.4 is 5.73 Å². The summed E-state index contributed by atoms with van der Waals surface area (Å²) in [6.45, 7) is 2.23. The van der Waals surface area contributed by atoms with Gasteiger partial charge in [0.25, 0.3) is 0 Å². The van der Waals surface area contributed by atoms with E-state index in [1.54, 1.807) is 11.8 Å². The zero-order valence-electron chi connectivity index (χ0n) is 12.6. The zero-order valence-corrected chi connectivity index (χ0v) is 13.4. The van der Waals surface area contributed by atoms with Gasteiger partial charge in [0.15, 0.2) is 0 Å². The molecule has 1 atom stereocenters. The maximum absolute atomic E-state index is 12.2. The molecule has 1 aromatic rings. The molecule has 0 aliphatic heterocycles. The number of hydrogen-bond acceptors (Lipinski definition) is 4. The maximum atomic E-state index is 12.2. The zero-order chi connectivity index (χ0) is 14.9. The lowest BCUT2D eigenvalue weighted by molar-refractivity contribution is -0.149. The van der Waals surface area contributed by atoms with Crippen molar-refractivity contribution in [3.8, 4) is 0 Å². The van der Waals surface area contributed by atoms with Crippen LogP contribution >= 0.6 is 11.8 Å². The summed E-state index contributed by atoms with van der Waals surface area (Å²) in [6, 6.07) is 6.66. The van der Waals surface area contributed by atoms with E-state index in [1.807, 2.05) is 6.92 Å². The summed E-state index contributed by atoms with van der Waals surface area (Å²) >= 11 is 1.69. The summed E-state index contributed by atoms with van der Waals surface area (Å²) in [5.74, 6) is 0.662. The average molecular weight is 305 g/mol. The summed E-state index contributed by atoms with van der Waals surface area (Å²) in [4.78, 5) is 13.4. The summed E-state index contributed by atoms with van der Waals surface area (Å²) in [5.41, 5.74) is 8.52.